The van der Waals surface area contributed by atoms with E-state index >= 15 is 0 Å². The molecule has 0 atom stereocenters. The van der Waals surface area contributed by atoms with Gasteiger partial charge in [0.25, 0.3) is 0 Å². The van der Waals surface area contributed by atoms with Crippen LogP contribution >= 0.6 is 31.9 Å². The van der Waals surface area contributed by atoms with Crippen molar-refractivity contribution in [3.63, 3.8) is 0 Å². The average molecular weight is 356 g/mol. The van der Waals surface area contributed by atoms with Crippen LogP contribution in [-0.2, 0) is 21.0 Å². The van der Waals surface area contributed by atoms with Gasteiger partial charge in [0.2, 0.25) is 0 Å². The maximum atomic E-state index is 11.1. The second kappa shape index (κ2) is 8.47. The van der Waals surface area contributed by atoms with Crippen molar-refractivity contribution in [3.8, 4) is 0 Å². The molecule has 0 radical (unpaired) electrons. The summed E-state index contributed by atoms with van der Waals surface area (Å²) in [6.45, 7) is 19.5. The Kier molecular flexibility index (Phi) is 13.0. The molecule has 0 aliphatic heterocycles. The quantitative estimate of drug-likeness (QED) is 0.500. The van der Waals surface area contributed by atoms with Gasteiger partial charge in [-0.15, -0.1) is 24.8 Å². The Hall–Kier alpha value is 1.19. The van der Waals surface area contributed by atoms with Gasteiger partial charge >= 0.3 is 21.0 Å². The number of halogens is 2. The van der Waals surface area contributed by atoms with Crippen LogP contribution in [0.2, 0.25) is 0 Å². The van der Waals surface area contributed by atoms with Crippen molar-refractivity contribution in [2.24, 2.45) is 0 Å². The predicted molar refractivity (Wildman–Crippen MR) is 84.7 cm³/mol. The van der Waals surface area contributed by atoms with E-state index < -0.39 is 7.05 Å². The van der Waals surface area contributed by atoms with E-state index in [4.69, 9.17) is 3.67 Å². The van der Waals surface area contributed by atoms with E-state index in [9.17, 15) is 5.16 Å². The second-order valence-corrected chi connectivity index (χ2v) is 12.4. The molecule has 0 N–H and O–H groups in total. The monoisotopic (exact) mass is 355 g/mol. The van der Waals surface area contributed by atoms with Gasteiger partial charge in [0, 0.05) is 0 Å². The summed E-state index contributed by atoms with van der Waals surface area (Å²) in [5, 5.41) is 11.1. The molecule has 6 heteroatoms. The fourth-order valence-corrected chi connectivity index (χ4v) is 9.06. The van der Waals surface area contributed by atoms with Crippen LogP contribution < -0.4 is 0 Å². The standard InChI is InChI=1S/C12H27NP.2ClH.O.V/c1-10(2,3)14(13,11(4,5)6)12(7,8)9;;;;/h1-9H3;2*1H;;/q-1;;;;. The molecular formula is C12H29Cl2NOPV-. The van der Waals surface area contributed by atoms with E-state index in [1.165, 1.54) is 0 Å². The van der Waals surface area contributed by atoms with Gasteiger partial charge < -0.3 is 5.16 Å². The van der Waals surface area contributed by atoms with Gasteiger partial charge in [-0.25, -0.2) is 7.05 Å². The van der Waals surface area contributed by atoms with Gasteiger partial charge in [0.15, 0.2) is 0 Å². The van der Waals surface area contributed by atoms with Crippen molar-refractivity contribution < 1.29 is 21.0 Å². The molecular weight excluding hydrogens is 327 g/mol. The molecule has 0 unspecified atom stereocenters. The maximum absolute atomic E-state index is 11.1. The zero-order valence-corrected chi connectivity index (χ0v) is 17.0. The van der Waals surface area contributed by atoms with Crippen LogP contribution in [0.1, 0.15) is 62.3 Å². The summed E-state index contributed by atoms with van der Waals surface area (Å²) in [7, 11) is -2.02. The fraction of sp³-hybridized carbons (Fsp3) is 1.00. The third kappa shape index (κ3) is 5.67. The van der Waals surface area contributed by atoms with Crippen LogP contribution in [0.15, 0.2) is 0 Å². The van der Waals surface area contributed by atoms with Gasteiger partial charge in [-0.1, -0.05) is 62.3 Å². The van der Waals surface area contributed by atoms with Crippen LogP contribution in [0, 0.1) is 0 Å². The van der Waals surface area contributed by atoms with E-state index in [1.807, 2.05) is 0 Å². The molecule has 0 aliphatic rings. The molecule has 0 fully saturated rings. The van der Waals surface area contributed by atoms with Gasteiger partial charge in [-0.2, -0.15) is 0 Å². The Balaban J connectivity index is -0.000000232. The second-order valence-electron chi connectivity index (χ2n) is 7.15. The molecule has 0 saturated heterocycles. The van der Waals surface area contributed by atoms with Gasteiger partial charge in [0.1, 0.15) is 0 Å². The Morgan fingerprint density at radius 3 is 0.778 bits per heavy atom. The molecule has 0 rings (SSSR count). The Morgan fingerprint density at radius 1 is 0.667 bits per heavy atom. The van der Waals surface area contributed by atoms with Crippen LogP contribution in [0.25, 0.3) is 5.16 Å². The molecule has 0 aromatic heterocycles. The Labute approximate surface area is 135 Å². The molecule has 0 bridgehead atoms. The Morgan fingerprint density at radius 2 is 0.778 bits per heavy atom. The van der Waals surface area contributed by atoms with Crippen molar-refractivity contribution in [2.45, 2.75) is 77.8 Å². The van der Waals surface area contributed by atoms with Crippen LogP contribution in [0.4, 0.5) is 0 Å². The third-order valence-corrected chi connectivity index (χ3v) is 8.74. The first-order chi connectivity index (χ1) is 6.75. The zero-order valence-electron chi connectivity index (χ0n) is 13.1. The van der Waals surface area contributed by atoms with Crippen molar-refractivity contribution in [2.75, 3.05) is 0 Å². The minimum atomic E-state index is -2.02. The molecule has 0 amide bonds. The van der Waals surface area contributed by atoms with Crippen LogP contribution in [0.3, 0.4) is 0 Å². The zero-order chi connectivity index (χ0) is 14.0. The summed E-state index contributed by atoms with van der Waals surface area (Å²) >= 11 is 1.06. The van der Waals surface area contributed by atoms with Crippen molar-refractivity contribution in [1.29, 1.82) is 0 Å². The summed E-state index contributed by atoms with van der Waals surface area (Å²) in [5.41, 5.74) is 0. The van der Waals surface area contributed by atoms with Crippen LogP contribution in [0.5, 0.6) is 0 Å². The molecule has 0 aromatic carbocycles. The minimum absolute atomic E-state index is 0. The van der Waals surface area contributed by atoms with E-state index in [-0.39, 0.29) is 40.3 Å². The predicted octanol–water partition coefficient (Wildman–Crippen LogP) is 5.87. The normalized spacial score (nSPS) is 12.4. The summed E-state index contributed by atoms with van der Waals surface area (Å²) in [6.07, 6.45) is 0. The number of nitrogens with zero attached hydrogens (tertiary/aromatic N) is 1. The molecule has 2 nitrogen and oxygen atoms in total. The number of hydrogen-bond acceptors (Lipinski definition) is 1. The van der Waals surface area contributed by atoms with Gasteiger partial charge in [-0.3, -0.25) is 0 Å². The van der Waals surface area contributed by atoms with E-state index in [1.54, 1.807) is 0 Å². The van der Waals surface area contributed by atoms with Gasteiger partial charge in [0.05, 0.1) is 0 Å². The number of hydrogen-bond donors (Lipinski definition) is 0. The molecule has 0 aliphatic carbocycles. The summed E-state index contributed by atoms with van der Waals surface area (Å²) in [6, 6.07) is 0. The summed E-state index contributed by atoms with van der Waals surface area (Å²) in [4.78, 5) is 0. The third-order valence-electron chi connectivity index (χ3n) is 2.91. The van der Waals surface area contributed by atoms with Gasteiger partial charge in [-0.05, 0) is 15.5 Å². The molecule has 0 heterocycles. The number of rotatable bonds is 0. The fourth-order valence-electron chi connectivity index (χ4n) is 3.02. The topological polar surface area (TPSA) is 39.4 Å². The van der Waals surface area contributed by atoms with E-state index in [0.717, 1.165) is 17.4 Å². The SMILES string of the molecule is CC(C)(C)P(=[N-])(C(C)(C)C)C(C)(C)C.Cl.Cl.[O]=[V]. The molecule has 113 valence electrons. The first-order valence-electron chi connectivity index (χ1n) is 5.55. The van der Waals surface area contributed by atoms with Crippen molar-refractivity contribution in [3.05, 3.63) is 5.16 Å². The first-order valence-corrected chi connectivity index (χ1v) is 7.87. The summed E-state index contributed by atoms with van der Waals surface area (Å²) in [5.74, 6) is 0. The molecule has 0 spiro atoms. The average Bonchev–Trinajstić information content (AvgIpc) is 2.00. The van der Waals surface area contributed by atoms with Crippen molar-refractivity contribution >= 4 is 31.9 Å². The van der Waals surface area contributed by atoms with E-state index in [2.05, 4.69) is 62.3 Å². The molecule has 0 aromatic rings. The van der Waals surface area contributed by atoms with Crippen molar-refractivity contribution in [1.82, 2.24) is 0 Å². The molecule has 18 heavy (non-hydrogen) atoms. The first kappa shape index (κ1) is 27.5. The summed E-state index contributed by atoms with van der Waals surface area (Å²) < 4.78 is 8.19. The van der Waals surface area contributed by atoms with Crippen LogP contribution in [-0.4, -0.2) is 15.5 Å². The van der Waals surface area contributed by atoms with E-state index in [0.29, 0.717) is 0 Å². The Bertz CT molecular complexity index is 234. The molecule has 0 saturated carbocycles.